The number of rotatable bonds is 4. The molecule has 0 saturated carbocycles. The molecule has 1 N–H and O–H groups in total. The van der Waals surface area contributed by atoms with Crippen LogP contribution >= 0.6 is 0 Å². The van der Waals surface area contributed by atoms with Crippen molar-refractivity contribution >= 4 is 0 Å². The van der Waals surface area contributed by atoms with Gasteiger partial charge in [0.15, 0.2) is 11.5 Å². The van der Waals surface area contributed by atoms with Crippen LogP contribution in [0.5, 0.6) is 28.7 Å². The van der Waals surface area contributed by atoms with Crippen LogP contribution in [-0.4, -0.2) is 15.1 Å². The number of hydrogen-bond donors (Lipinski definition) is 1. The van der Waals surface area contributed by atoms with Gasteiger partial charge in [0.25, 0.3) is 0 Å². The van der Waals surface area contributed by atoms with Gasteiger partial charge >= 0.3 is 0 Å². The summed E-state index contributed by atoms with van der Waals surface area (Å²) >= 11 is 0. The molecule has 0 spiro atoms. The Morgan fingerprint density at radius 1 is 0.762 bits per heavy atom. The number of nitrogens with zero attached hydrogens (tertiary/aromatic N) is 2. The summed E-state index contributed by atoms with van der Waals surface area (Å²) in [6, 6.07) is 11.9. The Morgan fingerprint density at radius 2 is 1.43 bits per heavy atom. The van der Waals surface area contributed by atoms with E-state index in [1.807, 2.05) is 0 Å². The van der Waals surface area contributed by atoms with Crippen LogP contribution in [0, 0.1) is 0 Å². The van der Waals surface area contributed by atoms with Crippen molar-refractivity contribution < 1.29 is 14.6 Å². The topological polar surface area (TPSA) is 64.5 Å². The van der Waals surface area contributed by atoms with Crippen molar-refractivity contribution in [2.24, 2.45) is 0 Å². The van der Waals surface area contributed by atoms with Gasteiger partial charge in [0.2, 0.25) is 5.75 Å². The number of para-hydroxylation sites is 1. The first-order valence-electron chi connectivity index (χ1n) is 6.30. The van der Waals surface area contributed by atoms with Gasteiger partial charge in [-0.1, -0.05) is 6.07 Å². The molecule has 21 heavy (non-hydrogen) atoms. The van der Waals surface area contributed by atoms with Crippen LogP contribution in [0.1, 0.15) is 0 Å². The summed E-state index contributed by atoms with van der Waals surface area (Å²) in [6.45, 7) is 0. The average Bonchev–Trinajstić information content (AvgIpc) is 2.53. The maximum Gasteiger partial charge on any atom is 0.211 e. The molecule has 0 atom stereocenters. The lowest BCUT2D eigenvalue weighted by Crippen LogP contribution is -1.91. The Labute approximate surface area is 121 Å². The monoisotopic (exact) mass is 280 g/mol. The molecule has 5 nitrogen and oxygen atoms in total. The summed E-state index contributed by atoms with van der Waals surface area (Å²) in [5, 5.41) is 9.99. The molecule has 0 unspecified atom stereocenters. The largest absolute Gasteiger partial charge is 0.504 e. The SMILES string of the molecule is Oc1cccc(Oc2cccnc2)c1Oc1cccnc1. The third kappa shape index (κ3) is 3.09. The molecule has 0 aliphatic rings. The van der Waals surface area contributed by atoms with Crippen LogP contribution in [0.4, 0.5) is 0 Å². The summed E-state index contributed by atoms with van der Waals surface area (Å²) < 4.78 is 11.3. The minimum absolute atomic E-state index is 0.0137. The van der Waals surface area contributed by atoms with Crippen molar-refractivity contribution in [3.05, 3.63) is 67.3 Å². The third-order valence-electron chi connectivity index (χ3n) is 2.67. The lowest BCUT2D eigenvalue weighted by Gasteiger charge is -2.13. The molecule has 2 aromatic heterocycles. The van der Waals surface area contributed by atoms with E-state index < -0.39 is 0 Å². The first kappa shape index (κ1) is 12.9. The lowest BCUT2D eigenvalue weighted by molar-refractivity contribution is 0.380. The lowest BCUT2D eigenvalue weighted by atomic mass is 10.3. The first-order valence-corrected chi connectivity index (χ1v) is 6.30. The van der Waals surface area contributed by atoms with Crippen LogP contribution in [0.25, 0.3) is 0 Å². The van der Waals surface area contributed by atoms with E-state index in [4.69, 9.17) is 9.47 Å². The molecule has 0 saturated heterocycles. The van der Waals surface area contributed by atoms with E-state index in [0.29, 0.717) is 17.2 Å². The molecule has 2 heterocycles. The van der Waals surface area contributed by atoms with E-state index in [0.717, 1.165) is 0 Å². The number of aromatic nitrogens is 2. The summed E-state index contributed by atoms with van der Waals surface area (Å²) in [7, 11) is 0. The number of phenolic OH excluding ortho intramolecular Hbond substituents is 1. The van der Waals surface area contributed by atoms with Crippen molar-refractivity contribution in [3.63, 3.8) is 0 Å². The Bertz CT molecular complexity index is 718. The van der Waals surface area contributed by atoms with Crippen LogP contribution in [-0.2, 0) is 0 Å². The summed E-state index contributed by atoms with van der Waals surface area (Å²) in [5.41, 5.74) is 0. The molecular formula is C16H12N2O3. The Balaban J connectivity index is 1.92. The smallest absolute Gasteiger partial charge is 0.211 e. The Morgan fingerprint density at radius 3 is 2.05 bits per heavy atom. The molecule has 104 valence electrons. The molecule has 5 heteroatoms. The van der Waals surface area contributed by atoms with Gasteiger partial charge in [-0.3, -0.25) is 9.97 Å². The molecule has 1 aromatic carbocycles. The fourth-order valence-electron chi connectivity index (χ4n) is 1.75. The summed E-state index contributed by atoms with van der Waals surface area (Å²) in [4.78, 5) is 7.95. The predicted molar refractivity (Wildman–Crippen MR) is 76.7 cm³/mol. The van der Waals surface area contributed by atoms with E-state index >= 15 is 0 Å². The minimum Gasteiger partial charge on any atom is -0.504 e. The predicted octanol–water partition coefficient (Wildman–Crippen LogP) is 3.77. The molecule has 0 aliphatic heterocycles. The van der Waals surface area contributed by atoms with Crippen molar-refractivity contribution in [1.82, 2.24) is 9.97 Å². The van der Waals surface area contributed by atoms with Gasteiger partial charge < -0.3 is 14.6 Å². The van der Waals surface area contributed by atoms with Crippen LogP contribution in [0.15, 0.2) is 67.3 Å². The number of benzene rings is 1. The van der Waals surface area contributed by atoms with Crippen molar-refractivity contribution in [1.29, 1.82) is 0 Å². The van der Waals surface area contributed by atoms with Crippen molar-refractivity contribution in [2.75, 3.05) is 0 Å². The number of ether oxygens (including phenoxy) is 2. The molecule has 0 bridgehead atoms. The molecule has 3 rings (SSSR count). The standard InChI is InChI=1S/C16H12N2O3/c19-14-6-1-7-15(20-12-4-2-8-17-10-12)16(14)21-13-5-3-9-18-11-13/h1-11,19H. The van der Waals surface area contributed by atoms with Crippen LogP contribution in [0.2, 0.25) is 0 Å². The van der Waals surface area contributed by atoms with Crippen molar-refractivity contribution in [3.8, 4) is 28.7 Å². The Kier molecular flexibility index (Phi) is 3.64. The van der Waals surface area contributed by atoms with Crippen LogP contribution in [0.3, 0.4) is 0 Å². The maximum atomic E-state index is 9.99. The zero-order valence-corrected chi connectivity index (χ0v) is 11.0. The van der Waals surface area contributed by atoms with Gasteiger partial charge in [-0.25, -0.2) is 0 Å². The van der Waals surface area contributed by atoms with E-state index in [1.54, 1.807) is 61.2 Å². The normalized spacial score (nSPS) is 10.1. The fraction of sp³-hybridized carbons (Fsp3) is 0. The van der Waals surface area contributed by atoms with Gasteiger partial charge in [-0.2, -0.15) is 0 Å². The molecule has 3 aromatic rings. The van der Waals surface area contributed by atoms with E-state index in [2.05, 4.69) is 9.97 Å². The van der Waals surface area contributed by atoms with Gasteiger partial charge in [0, 0.05) is 12.4 Å². The molecule has 0 radical (unpaired) electrons. The number of aromatic hydroxyl groups is 1. The second-order valence-electron chi connectivity index (χ2n) is 4.19. The van der Waals surface area contributed by atoms with Crippen molar-refractivity contribution in [2.45, 2.75) is 0 Å². The number of phenols is 1. The highest BCUT2D eigenvalue weighted by atomic mass is 16.5. The molecule has 0 aliphatic carbocycles. The maximum absolute atomic E-state index is 9.99. The highest BCUT2D eigenvalue weighted by molar-refractivity contribution is 5.53. The third-order valence-corrected chi connectivity index (χ3v) is 2.67. The number of pyridine rings is 2. The highest BCUT2D eigenvalue weighted by Crippen LogP contribution is 2.41. The van der Waals surface area contributed by atoms with Gasteiger partial charge in [0.05, 0.1) is 12.4 Å². The van der Waals surface area contributed by atoms with Gasteiger partial charge in [0.1, 0.15) is 11.5 Å². The van der Waals surface area contributed by atoms with E-state index in [9.17, 15) is 5.11 Å². The van der Waals surface area contributed by atoms with Gasteiger partial charge in [-0.15, -0.1) is 0 Å². The van der Waals surface area contributed by atoms with E-state index in [-0.39, 0.29) is 11.5 Å². The van der Waals surface area contributed by atoms with Gasteiger partial charge in [-0.05, 0) is 36.4 Å². The fourth-order valence-corrected chi connectivity index (χ4v) is 1.75. The van der Waals surface area contributed by atoms with E-state index in [1.165, 1.54) is 6.07 Å². The molecule has 0 amide bonds. The zero-order chi connectivity index (χ0) is 14.5. The second kappa shape index (κ2) is 5.92. The summed E-state index contributed by atoms with van der Waals surface area (Å²) in [5.74, 6) is 1.68. The second-order valence-corrected chi connectivity index (χ2v) is 4.19. The Hall–Kier alpha value is -3.08. The molecular weight excluding hydrogens is 268 g/mol. The minimum atomic E-state index is -0.0137. The average molecular weight is 280 g/mol. The highest BCUT2D eigenvalue weighted by Gasteiger charge is 2.12. The van der Waals surface area contributed by atoms with Crippen LogP contribution < -0.4 is 9.47 Å². The first-order chi connectivity index (χ1) is 10.3. The zero-order valence-electron chi connectivity index (χ0n) is 11.0. The number of hydrogen-bond acceptors (Lipinski definition) is 5. The quantitative estimate of drug-likeness (QED) is 0.788. The summed E-state index contributed by atoms with van der Waals surface area (Å²) in [6.07, 6.45) is 6.44. The molecule has 0 fully saturated rings.